The summed E-state index contributed by atoms with van der Waals surface area (Å²) in [5.74, 6) is 0. The van der Waals surface area contributed by atoms with E-state index in [1.165, 1.54) is 16.0 Å². The van der Waals surface area contributed by atoms with E-state index >= 15 is 0 Å². The SMILES string of the molecule is C1=CC2=S(OC=C2c2ccccc2)S1. The molecule has 0 aliphatic carbocycles. The van der Waals surface area contributed by atoms with Crippen molar-refractivity contribution in [3.8, 4) is 0 Å². The Morgan fingerprint density at radius 2 is 2.00 bits per heavy atom. The highest BCUT2D eigenvalue weighted by atomic mass is 33.1. The van der Waals surface area contributed by atoms with E-state index < -0.39 is 0 Å². The summed E-state index contributed by atoms with van der Waals surface area (Å²) in [5, 5.41) is 2.11. The fourth-order valence-corrected chi connectivity index (χ4v) is 4.29. The molecule has 1 unspecified atom stereocenters. The van der Waals surface area contributed by atoms with E-state index in [-0.39, 0.29) is 9.80 Å². The average molecular weight is 220 g/mol. The molecule has 3 rings (SSSR count). The summed E-state index contributed by atoms with van der Waals surface area (Å²) in [6.45, 7) is 0. The van der Waals surface area contributed by atoms with Gasteiger partial charge in [0.2, 0.25) is 0 Å². The van der Waals surface area contributed by atoms with Crippen molar-refractivity contribution in [1.82, 2.24) is 0 Å². The van der Waals surface area contributed by atoms with Crippen LogP contribution in [0.1, 0.15) is 5.56 Å². The largest absolute Gasteiger partial charge is 0.430 e. The molecule has 0 saturated heterocycles. The van der Waals surface area contributed by atoms with Crippen molar-refractivity contribution in [2.75, 3.05) is 0 Å². The summed E-state index contributed by atoms with van der Waals surface area (Å²) < 4.78 is 5.57. The van der Waals surface area contributed by atoms with E-state index in [1.54, 1.807) is 10.8 Å². The van der Waals surface area contributed by atoms with Gasteiger partial charge in [0.15, 0.2) is 0 Å². The molecule has 0 radical (unpaired) electrons. The van der Waals surface area contributed by atoms with Crippen molar-refractivity contribution in [3.05, 3.63) is 53.6 Å². The molecule has 3 heteroatoms. The van der Waals surface area contributed by atoms with Crippen LogP contribution in [0, 0.1) is 0 Å². The zero-order valence-corrected chi connectivity index (χ0v) is 8.98. The third kappa shape index (κ3) is 1.24. The van der Waals surface area contributed by atoms with E-state index in [4.69, 9.17) is 4.18 Å². The third-order valence-electron chi connectivity index (χ3n) is 2.15. The summed E-state index contributed by atoms with van der Waals surface area (Å²) in [7, 11) is 1.68. The lowest BCUT2D eigenvalue weighted by atomic mass is 10.0. The van der Waals surface area contributed by atoms with Crippen LogP contribution in [0.15, 0.2) is 48.1 Å². The molecule has 0 saturated carbocycles. The summed E-state index contributed by atoms with van der Waals surface area (Å²) in [6, 6.07) is 10.4. The van der Waals surface area contributed by atoms with Gasteiger partial charge in [0.05, 0.1) is 14.7 Å². The lowest BCUT2D eigenvalue weighted by Gasteiger charge is -2.00. The van der Waals surface area contributed by atoms with Crippen LogP contribution >= 0.6 is 20.6 Å². The Bertz CT molecular complexity index is 457. The molecule has 1 aromatic rings. The zero-order chi connectivity index (χ0) is 9.38. The molecule has 2 aliphatic heterocycles. The second-order valence-electron chi connectivity index (χ2n) is 2.99. The quantitative estimate of drug-likeness (QED) is 0.528. The molecule has 2 heterocycles. The molecule has 0 N–H and O–H groups in total. The highest BCUT2D eigenvalue weighted by molar-refractivity contribution is 8.83. The first-order chi connectivity index (χ1) is 6.95. The molecule has 0 aromatic heterocycles. The van der Waals surface area contributed by atoms with Gasteiger partial charge in [-0.15, -0.1) is 0 Å². The van der Waals surface area contributed by atoms with Crippen molar-refractivity contribution < 1.29 is 4.18 Å². The fourth-order valence-electron chi connectivity index (χ4n) is 1.48. The molecule has 70 valence electrons. The molecule has 2 aliphatic rings. The molecular weight excluding hydrogens is 212 g/mol. The maximum absolute atomic E-state index is 5.57. The van der Waals surface area contributed by atoms with Gasteiger partial charge in [-0.1, -0.05) is 30.3 Å². The lowest BCUT2D eigenvalue weighted by Crippen LogP contribution is -1.92. The van der Waals surface area contributed by atoms with Gasteiger partial charge < -0.3 is 4.18 Å². The first-order valence-corrected chi connectivity index (χ1v) is 6.88. The first-order valence-electron chi connectivity index (χ1n) is 4.33. The van der Waals surface area contributed by atoms with Crippen LogP contribution in [0.4, 0.5) is 0 Å². The number of hydrogen-bond donors (Lipinski definition) is 0. The van der Waals surface area contributed by atoms with Crippen LogP contribution < -0.4 is 0 Å². The van der Waals surface area contributed by atoms with Crippen molar-refractivity contribution in [3.63, 3.8) is 0 Å². The first kappa shape index (κ1) is 8.38. The van der Waals surface area contributed by atoms with Crippen LogP contribution in [-0.2, 0) is 4.18 Å². The van der Waals surface area contributed by atoms with Crippen LogP contribution in [0.3, 0.4) is 0 Å². The topological polar surface area (TPSA) is 9.23 Å². The zero-order valence-electron chi connectivity index (χ0n) is 7.34. The van der Waals surface area contributed by atoms with Crippen LogP contribution in [0.2, 0.25) is 0 Å². The second kappa shape index (κ2) is 3.33. The standard InChI is InChI=1S/C11H8OS2/c1-2-4-9(5-3-1)10-8-12-14-11(10)6-7-13-14/h1-8H. The maximum Gasteiger partial charge on any atom is 0.110 e. The second-order valence-corrected chi connectivity index (χ2v) is 6.04. The van der Waals surface area contributed by atoms with E-state index in [0.717, 1.165) is 0 Å². The van der Waals surface area contributed by atoms with E-state index in [2.05, 4.69) is 35.7 Å². The van der Waals surface area contributed by atoms with Gasteiger partial charge in [0.1, 0.15) is 6.26 Å². The highest BCUT2D eigenvalue weighted by Crippen LogP contribution is 2.47. The Morgan fingerprint density at radius 1 is 1.14 bits per heavy atom. The predicted molar refractivity (Wildman–Crippen MR) is 64.8 cm³/mol. The fraction of sp³-hybridized carbons (Fsp3) is 0. The Kier molecular flexibility index (Phi) is 2.00. The summed E-state index contributed by atoms with van der Waals surface area (Å²) in [6.07, 6.45) is 4.03. The summed E-state index contributed by atoms with van der Waals surface area (Å²) in [5.41, 5.74) is 2.47. The van der Waals surface area contributed by atoms with Crippen molar-refractivity contribution in [2.45, 2.75) is 0 Å². The van der Waals surface area contributed by atoms with Gasteiger partial charge in [-0.25, -0.2) is 0 Å². The normalized spacial score (nSPS) is 23.3. The van der Waals surface area contributed by atoms with E-state index in [9.17, 15) is 0 Å². The molecule has 0 fully saturated rings. The molecule has 0 spiro atoms. The number of rotatable bonds is 1. The molecular formula is C11H8OS2. The smallest absolute Gasteiger partial charge is 0.110 e. The van der Waals surface area contributed by atoms with E-state index in [1.807, 2.05) is 12.3 Å². The monoisotopic (exact) mass is 220 g/mol. The van der Waals surface area contributed by atoms with Crippen LogP contribution in [-0.4, -0.2) is 4.86 Å². The highest BCUT2D eigenvalue weighted by Gasteiger charge is 2.21. The maximum atomic E-state index is 5.57. The molecule has 0 bridgehead atoms. The predicted octanol–water partition coefficient (Wildman–Crippen LogP) is 3.59. The van der Waals surface area contributed by atoms with Gasteiger partial charge in [-0.05, 0) is 27.8 Å². The Morgan fingerprint density at radius 3 is 2.86 bits per heavy atom. The summed E-state index contributed by atoms with van der Waals surface area (Å²) in [4.78, 5) is 1.32. The van der Waals surface area contributed by atoms with Gasteiger partial charge in [-0.2, -0.15) is 0 Å². The minimum absolute atomic E-state index is 0.0688. The Labute approximate surface area is 89.0 Å². The Hall–Kier alpha value is -0.930. The average Bonchev–Trinajstić information content (AvgIpc) is 2.79. The van der Waals surface area contributed by atoms with Gasteiger partial charge in [0.25, 0.3) is 0 Å². The molecule has 14 heavy (non-hydrogen) atoms. The van der Waals surface area contributed by atoms with Gasteiger partial charge in [0, 0.05) is 5.57 Å². The lowest BCUT2D eigenvalue weighted by molar-refractivity contribution is 0.580. The van der Waals surface area contributed by atoms with Crippen molar-refractivity contribution in [2.24, 2.45) is 0 Å². The van der Waals surface area contributed by atoms with Gasteiger partial charge in [-0.3, -0.25) is 0 Å². The van der Waals surface area contributed by atoms with Gasteiger partial charge >= 0.3 is 0 Å². The van der Waals surface area contributed by atoms with Crippen LogP contribution in [0.25, 0.3) is 5.57 Å². The number of benzene rings is 1. The minimum Gasteiger partial charge on any atom is -0.430 e. The van der Waals surface area contributed by atoms with Crippen molar-refractivity contribution >= 4 is 31.0 Å². The molecule has 0 amide bonds. The summed E-state index contributed by atoms with van der Waals surface area (Å²) >= 11 is 0. The molecule has 1 nitrogen and oxygen atoms in total. The number of hydrogen-bond acceptors (Lipinski definition) is 2. The number of allylic oxidation sites excluding steroid dienone is 2. The minimum atomic E-state index is -0.0688. The molecule has 1 aromatic carbocycles. The Balaban J connectivity index is 2.06. The molecule has 1 atom stereocenters. The van der Waals surface area contributed by atoms with Crippen LogP contribution in [0.5, 0.6) is 0 Å². The third-order valence-corrected chi connectivity index (χ3v) is 5.19. The van der Waals surface area contributed by atoms with E-state index in [0.29, 0.717) is 0 Å². The van der Waals surface area contributed by atoms with Crippen molar-refractivity contribution in [1.29, 1.82) is 0 Å².